The number of ether oxygens (including phenoxy) is 3. The minimum absolute atomic E-state index is 0.165. The summed E-state index contributed by atoms with van der Waals surface area (Å²) in [6.07, 6.45) is 3.80. The van der Waals surface area contributed by atoms with E-state index in [1.165, 1.54) is 11.3 Å². The van der Waals surface area contributed by atoms with Gasteiger partial charge < -0.3 is 14.2 Å². The zero-order valence-electron chi connectivity index (χ0n) is 19.2. The molecule has 0 fully saturated rings. The molecule has 1 aromatic heterocycles. The van der Waals surface area contributed by atoms with Gasteiger partial charge in [-0.05, 0) is 61.6 Å². The molecular formula is C25H21BrN2O5S2. The van der Waals surface area contributed by atoms with Gasteiger partial charge in [0, 0.05) is 9.37 Å². The maximum Gasteiger partial charge on any atom is 0.338 e. The van der Waals surface area contributed by atoms with Gasteiger partial charge in [-0.1, -0.05) is 39.4 Å². The highest BCUT2D eigenvalue weighted by molar-refractivity contribution is 9.10. The molecule has 0 N–H and O–H groups in total. The predicted molar refractivity (Wildman–Crippen MR) is 139 cm³/mol. The van der Waals surface area contributed by atoms with Gasteiger partial charge in [0.25, 0.3) is 5.56 Å². The number of carbonyl (C=O) groups excluding carboxylic acids is 1. The third-order valence-electron chi connectivity index (χ3n) is 5.73. The van der Waals surface area contributed by atoms with E-state index in [-0.39, 0.29) is 19.0 Å². The molecular weight excluding hydrogens is 552 g/mol. The Morgan fingerprint density at radius 1 is 1.29 bits per heavy atom. The number of carbonyl (C=O) groups is 1. The molecule has 2 aliphatic rings. The van der Waals surface area contributed by atoms with Crippen LogP contribution in [0.4, 0.5) is 0 Å². The second-order valence-corrected chi connectivity index (χ2v) is 10.5. The lowest BCUT2D eigenvalue weighted by Crippen LogP contribution is -2.39. The average molecular weight is 573 g/mol. The molecule has 0 spiro atoms. The number of allylic oxidation sites excluding steroid dienone is 1. The van der Waals surface area contributed by atoms with Crippen molar-refractivity contribution in [3.63, 3.8) is 0 Å². The Morgan fingerprint density at radius 3 is 2.69 bits per heavy atom. The van der Waals surface area contributed by atoms with Crippen LogP contribution in [-0.2, 0) is 9.53 Å². The summed E-state index contributed by atoms with van der Waals surface area (Å²) in [4.78, 5) is 33.0. The van der Waals surface area contributed by atoms with E-state index in [0.717, 1.165) is 20.5 Å². The largest absolute Gasteiger partial charge is 0.463 e. The Hall–Kier alpha value is -2.82. The fourth-order valence-corrected chi connectivity index (χ4v) is 5.96. The molecule has 7 nitrogen and oxygen atoms in total. The highest BCUT2D eigenvalue weighted by Crippen LogP contribution is 2.37. The number of thiazole rings is 1. The summed E-state index contributed by atoms with van der Waals surface area (Å²) in [7, 11) is 0. The van der Waals surface area contributed by atoms with Crippen molar-refractivity contribution in [3.8, 4) is 11.5 Å². The Kier molecular flexibility index (Phi) is 6.61. The van der Waals surface area contributed by atoms with Crippen molar-refractivity contribution >= 4 is 51.1 Å². The van der Waals surface area contributed by atoms with E-state index in [4.69, 9.17) is 14.2 Å². The number of esters is 1. The lowest BCUT2D eigenvalue weighted by atomic mass is 9.96. The lowest BCUT2D eigenvalue weighted by molar-refractivity contribution is -0.139. The first kappa shape index (κ1) is 23.9. The molecule has 5 rings (SSSR count). The summed E-state index contributed by atoms with van der Waals surface area (Å²) in [6, 6.07) is 10.9. The minimum Gasteiger partial charge on any atom is -0.463 e. The highest BCUT2D eigenvalue weighted by Gasteiger charge is 2.33. The first-order valence-corrected chi connectivity index (χ1v) is 13.7. The van der Waals surface area contributed by atoms with Crippen molar-refractivity contribution in [1.82, 2.24) is 4.57 Å². The molecule has 3 heterocycles. The van der Waals surface area contributed by atoms with Crippen LogP contribution in [0.25, 0.3) is 6.08 Å². The zero-order valence-corrected chi connectivity index (χ0v) is 22.4. The van der Waals surface area contributed by atoms with Crippen LogP contribution < -0.4 is 24.4 Å². The maximum absolute atomic E-state index is 13.7. The standard InChI is InChI=1S/C25H21BrN2O5S2/c1-4-31-24(30)21-13(2)27-25-28(22(21)14-5-7-16(34-3)8-6-14)23(29)20(35-25)10-15-9-18-19(11-17(15)26)33-12-32-18/h5-11,22H,4,12H2,1-3H3/b20-10-. The quantitative estimate of drug-likeness (QED) is 0.339. The van der Waals surface area contributed by atoms with Crippen LogP contribution in [0.3, 0.4) is 0 Å². The summed E-state index contributed by atoms with van der Waals surface area (Å²) in [5.41, 5.74) is 2.27. The molecule has 0 aliphatic carbocycles. The Morgan fingerprint density at radius 2 is 2.00 bits per heavy atom. The average Bonchev–Trinajstić information content (AvgIpc) is 3.42. The van der Waals surface area contributed by atoms with E-state index in [2.05, 4.69) is 20.9 Å². The predicted octanol–water partition coefficient (Wildman–Crippen LogP) is 4.01. The third kappa shape index (κ3) is 4.34. The van der Waals surface area contributed by atoms with Crippen LogP contribution in [0.1, 0.15) is 31.0 Å². The number of fused-ring (bicyclic) bond motifs is 2. The number of halogens is 1. The van der Waals surface area contributed by atoms with E-state index >= 15 is 0 Å². The number of hydrogen-bond donors (Lipinski definition) is 0. The number of benzene rings is 2. The molecule has 1 unspecified atom stereocenters. The van der Waals surface area contributed by atoms with E-state index in [1.807, 2.05) is 42.7 Å². The monoisotopic (exact) mass is 572 g/mol. The topological polar surface area (TPSA) is 79.1 Å². The van der Waals surface area contributed by atoms with Crippen molar-refractivity contribution in [2.75, 3.05) is 19.7 Å². The van der Waals surface area contributed by atoms with Gasteiger partial charge in [0.2, 0.25) is 6.79 Å². The minimum atomic E-state index is -0.636. The Balaban J connectivity index is 1.70. The smallest absolute Gasteiger partial charge is 0.338 e. The van der Waals surface area contributed by atoms with Crippen LogP contribution >= 0.6 is 39.0 Å². The zero-order chi connectivity index (χ0) is 24.7. The van der Waals surface area contributed by atoms with Crippen LogP contribution in [-0.4, -0.2) is 30.2 Å². The highest BCUT2D eigenvalue weighted by atomic mass is 79.9. The molecule has 0 amide bonds. The molecule has 10 heteroatoms. The van der Waals surface area contributed by atoms with Gasteiger partial charge in [-0.2, -0.15) is 0 Å². The second-order valence-electron chi connectivity index (χ2n) is 7.80. The van der Waals surface area contributed by atoms with Gasteiger partial charge in [0.1, 0.15) is 0 Å². The number of nitrogens with zero attached hydrogens (tertiary/aromatic N) is 2. The van der Waals surface area contributed by atoms with Crippen LogP contribution in [0.2, 0.25) is 0 Å². The normalized spacial score (nSPS) is 16.8. The first-order valence-electron chi connectivity index (χ1n) is 10.8. The fraction of sp³-hybridized carbons (Fsp3) is 0.240. The van der Waals surface area contributed by atoms with Gasteiger partial charge in [0.15, 0.2) is 16.3 Å². The van der Waals surface area contributed by atoms with Crippen molar-refractivity contribution in [3.05, 3.63) is 83.0 Å². The first-order chi connectivity index (χ1) is 16.9. The third-order valence-corrected chi connectivity index (χ3v) is 8.14. The summed E-state index contributed by atoms with van der Waals surface area (Å²) < 4.78 is 19.1. The second kappa shape index (κ2) is 9.67. The summed E-state index contributed by atoms with van der Waals surface area (Å²) in [6.45, 7) is 3.94. The van der Waals surface area contributed by atoms with Crippen LogP contribution in [0.15, 0.2) is 66.8 Å². The molecule has 1 atom stereocenters. The van der Waals surface area contributed by atoms with Crippen LogP contribution in [0, 0.1) is 0 Å². The molecule has 3 aromatic rings. The molecule has 0 radical (unpaired) electrons. The number of thioether (sulfide) groups is 1. The maximum atomic E-state index is 13.7. The van der Waals surface area contributed by atoms with Crippen LogP contribution in [0.5, 0.6) is 11.5 Å². The number of rotatable bonds is 5. The number of aromatic nitrogens is 1. The van der Waals surface area contributed by atoms with E-state index in [0.29, 0.717) is 32.1 Å². The number of hydrogen-bond acceptors (Lipinski definition) is 8. The van der Waals surface area contributed by atoms with Gasteiger partial charge in [-0.25, -0.2) is 9.79 Å². The molecule has 0 saturated heterocycles. The summed E-state index contributed by atoms with van der Waals surface area (Å²) in [5.74, 6) is 0.804. The van der Waals surface area contributed by atoms with E-state index in [1.54, 1.807) is 36.3 Å². The fourth-order valence-electron chi connectivity index (χ4n) is 4.08. The van der Waals surface area contributed by atoms with Crippen molar-refractivity contribution in [1.29, 1.82) is 0 Å². The molecule has 2 aliphatic heterocycles. The molecule has 35 heavy (non-hydrogen) atoms. The van der Waals surface area contributed by atoms with E-state index in [9.17, 15) is 9.59 Å². The van der Waals surface area contributed by atoms with Gasteiger partial charge in [-0.3, -0.25) is 9.36 Å². The Labute approximate surface area is 217 Å². The van der Waals surface area contributed by atoms with Gasteiger partial charge in [-0.15, -0.1) is 11.8 Å². The Bertz CT molecular complexity index is 1540. The van der Waals surface area contributed by atoms with Crippen molar-refractivity contribution in [2.24, 2.45) is 4.99 Å². The van der Waals surface area contributed by atoms with E-state index < -0.39 is 12.0 Å². The summed E-state index contributed by atoms with van der Waals surface area (Å²) in [5, 5.41) is 0. The summed E-state index contributed by atoms with van der Waals surface area (Å²) >= 11 is 6.46. The molecule has 180 valence electrons. The SMILES string of the molecule is CCOC(=O)C1=C(C)N=c2s/c(=C\c3cc4c(cc3Br)OCO4)c(=O)n2C1c1ccc(SC)cc1. The van der Waals surface area contributed by atoms with Gasteiger partial charge >= 0.3 is 5.97 Å². The van der Waals surface area contributed by atoms with Gasteiger partial charge in [0.05, 0.1) is 28.5 Å². The molecule has 0 saturated carbocycles. The van der Waals surface area contributed by atoms with Crippen molar-refractivity contribution in [2.45, 2.75) is 24.8 Å². The van der Waals surface area contributed by atoms with Crippen molar-refractivity contribution < 1.29 is 19.0 Å². The molecule has 2 aromatic carbocycles. The lowest BCUT2D eigenvalue weighted by Gasteiger charge is -2.24. The molecule has 0 bridgehead atoms.